The maximum atomic E-state index is 4.79. The highest BCUT2D eigenvalue weighted by atomic mass is 15.1. The van der Waals surface area contributed by atoms with Crippen LogP contribution in [0.15, 0.2) is 84.9 Å². The van der Waals surface area contributed by atoms with Crippen LogP contribution in [0, 0.1) is 6.92 Å². The van der Waals surface area contributed by atoms with E-state index in [-0.39, 0.29) is 0 Å². The molecule has 0 radical (unpaired) electrons. The zero-order valence-corrected chi connectivity index (χ0v) is 16.4. The largest absolute Gasteiger partial charge is 0.387 e. The van der Waals surface area contributed by atoms with Crippen molar-refractivity contribution in [2.75, 3.05) is 6.54 Å². The van der Waals surface area contributed by atoms with Crippen molar-refractivity contribution in [2.24, 2.45) is 0 Å². The van der Waals surface area contributed by atoms with Crippen molar-refractivity contribution in [1.29, 1.82) is 0 Å². The maximum Gasteiger partial charge on any atom is 0.0961 e. The Labute approximate surface area is 167 Å². The molecule has 0 bridgehead atoms. The first-order valence-electron chi connectivity index (χ1n) is 10.1. The molecule has 2 aliphatic rings. The van der Waals surface area contributed by atoms with Crippen molar-refractivity contribution in [3.8, 4) is 11.3 Å². The summed E-state index contributed by atoms with van der Waals surface area (Å²) in [5.41, 5.74) is 7.36. The van der Waals surface area contributed by atoms with Crippen LogP contribution >= 0.6 is 0 Å². The van der Waals surface area contributed by atoms with Gasteiger partial charge in [0, 0.05) is 24.2 Å². The van der Waals surface area contributed by atoms with Crippen molar-refractivity contribution in [3.05, 3.63) is 96.2 Å². The molecule has 0 amide bonds. The van der Waals surface area contributed by atoms with Crippen molar-refractivity contribution in [3.63, 3.8) is 0 Å². The van der Waals surface area contributed by atoms with Gasteiger partial charge >= 0.3 is 0 Å². The van der Waals surface area contributed by atoms with Crippen LogP contribution in [0.5, 0.6) is 0 Å². The quantitative estimate of drug-likeness (QED) is 0.720. The Morgan fingerprint density at radius 3 is 2.82 bits per heavy atom. The smallest absolute Gasteiger partial charge is 0.0961 e. The Kier molecular flexibility index (Phi) is 5.72. The second-order valence-electron chi connectivity index (χ2n) is 7.31. The van der Waals surface area contributed by atoms with Gasteiger partial charge in [-0.1, -0.05) is 66.3 Å². The Hall–Kier alpha value is -3.07. The van der Waals surface area contributed by atoms with E-state index in [4.69, 9.17) is 4.98 Å². The monoisotopic (exact) mass is 369 g/mol. The lowest BCUT2D eigenvalue weighted by molar-refractivity contribution is 0.648. The topological polar surface area (TPSA) is 29.9 Å². The van der Waals surface area contributed by atoms with E-state index < -0.39 is 0 Å². The van der Waals surface area contributed by atoms with Gasteiger partial charge in [0.15, 0.2) is 0 Å². The van der Waals surface area contributed by atoms with E-state index in [0.29, 0.717) is 0 Å². The number of aryl methyl sites for hydroxylation is 2. The molecule has 0 saturated heterocycles. The molecule has 142 valence electrons. The molecule has 1 aliphatic heterocycles. The lowest BCUT2D eigenvalue weighted by atomic mass is 10.0. The zero-order valence-electron chi connectivity index (χ0n) is 16.4. The van der Waals surface area contributed by atoms with Crippen molar-refractivity contribution < 1.29 is 0 Å². The van der Waals surface area contributed by atoms with Crippen LogP contribution in [0.4, 0.5) is 0 Å². The van der Waals surface area contributed by atoms with Gasteiger partial charge in [0.25, 0.3) is 0 Å². The highest BCUT2D eigenvalue weighted by Crippen LogP contribution is 2.30. The summed E-state index contributed by atoms with van der Waals surface area (Å²) in [7, 11) is 0. The SMILES string of the molecule is Cc1ccc(-c2c(C3=CCNC=C3)ncn2CCCC2=CC=CCC=C2)cc1. The Morgan fingerprint density at radius 2 is 2.00 bits per heavy atom. The first kappa shape index (κ1) is 18.3. The third-order valence-corrected chi connectivity index (χ3v) is 5.17. The van der Waals surface area contributed by atoms with E-state index in [1.54, 1.807) is 0 Å². The Morgan fingerprint density at radius 1 is 1.11 bits per heavy atom. The second kappa shape index (κ2) is 8.75. The second-order valence-corrected chi connectivity index (χ2v) is 7.31. The van der Waals surface area contributed by atoms with Gasteiger partial charge in [-0.05, 0) is 44.0 Å². The number of rotatable bonds is 6. The van der Waals surface area contributed by atoms with Gasteiger partial charge in [-0.2, -0.15) is 0 Å². The minimum Gasteiger partial charge on any atom is -0.387 e. The first-order chi connectivity index (χ1) is 13.8. The molecule has 1 aromatic carbocycles. The van der Waals surface area contributed by atoms with Crippen molar-refractivity contribution in [1.82, 2.24) is 14.9 Å². The molecule has 1 aliphatic carbocycles. The van der Waals surface area contributed by atoms with Gasteiger partial charge < -0.3 is 9.88 Å². The van der Waals surface area contributed by atoms with E-state index in [0.717, 1.165) is 38.0 Å². The third-order valence-electron chi connectivity index (χ3n) is 5.17. The van der Waals surface area contributed by atoms with Gasteiger partial charge in [0.1, 0.15) is 0 Å². The number of benzene rings is 1. The summed E-state index contributed by atoms with van der Waals surface area (Å²) in [5, 5.41) is 3.22. The number of aromatic nitrogens is 2. The van der Waals surface area contributed by atoms with E-state index in [9.17, 15) is 0 Å². The van der Waals surface area contributed by atoms with Crippen LogP contribution in [0.2, 0.25) is 0 Å². The summed E-state index contributed by atoms with van der Waals surface area (Å²) in [5.74, 6) is 0. The standard InChI is InChI=1S/C25H27N3/c1-20-10-12-23(13-11-20)25-24(22-14-16-26-17-15-22)27-19-28(25)18-6-9-21-7-4-2-3-5-8-21/h2,4-5,7-8,10-16,19,26H,3,6,9,17-18H2,1H3. The van der Waals surface area contributed by atoms with E-state index >= 15 is 0 Å². The summed E-state index contributed by atoms with van der Waals surface area (Å²) < 4.78 is 2.31. The minimum atomic E-state index is 0.847. The average molecular weight is 370 g/mol. The summed E-state index contributed by atoms with van der Waals surface area (Å²) in [4.78, 5) is 4.79. The molecule has 1 aromatic heterocycles. The highest BCUT2D eigenvalue weighted by molar-refractivity contribution is 5.82. The maximum absolute atomic E-state index is 4.79. The number of imidazole rings is 1. The van der Waals surface area contributed by atoms with Crippen LogP contribution < -0.4 is 5.32 Å². The molecule has 2 aromatic rings. The molecular weight excluding hydrogens is 342 g/mol. The van der Waals surface area contributed by atoms with E-state index in [2.05, 4.69) is 83.6 Å². The molecule has 0 spiro atoms. The van der Waals surface area contributed by atoms with E-state index in [1.165, 1.54) is 28.0 Å². The molecule has 0 atom stereocenters. The molecule has 28 heavy (non-hydrogen) atoms. The first-order valence-corrected chi connectivity index (χ1v) is 10.1. The van der Waals surface area contributed by atoms with Gasteiger partial charge in [-0.25, -0.2) is 4.98 Å². The summed E-state index contributed by atoms with van der Waals surface area (Å²) in [6.07, 6.45) is 22.6. The molecule has 1 N–H and O–H groups in total. The average Bonchev–Trinajstić information content (AvgIpc) is 2.97. The number of hydrogen-bond acceptors (Lipinski definition) is 2. The molecule has 0 saturated carbocycles. The fourth-order valence-electron chi connectivity index (χ4n) is 3.65. The van der Waals surface area contributed by atoms with Crippen LogP contribution in [0.1, 0.15) is 30.5 Å². The predicted molar refractivity (Wildman–Crippen MR) is 118 cm³/mol. The van der Waals surface area contributed by atoms with Crippen LogP contribution in [0.3, 0.4) is 0 Å². The zero-order chi connectivity index (χ0) is 19.2. The van der Waals surface area contributed by atoms with Crippen molar-refractivity contribution in [2.45, 2.75) is 32.7 Å². The number of hydrogen-bond donors (Lipinski definition) is 1. The van der Waals surface area contributed by atoms with Crippen LogP contribution in [0.25, 0.3) is 16.8 Å². The molecule has 2 heterocycles. The number of nitrogens with one attached hydrogen (secondary N) is 1. The van der Waals surface area contributed by atoms with Gasteiger partial charge in [0.2, 0.25) is 0 Å². The minimum absolute atomic E-state index is 0.847. The van der Waals surface area contributed by atoms with Crippen LogP contribution in [-0.2, 0) is 6.54 Å². The molecule has 3 nitrogen and oxygen atoms in total. The Bertz CT molecular complexity index is 966. The summed E-state index contributed by atoms with van der Waals surface area (Å²) in [6.45, 7) is 3.93. The normalized spacial score (nSPS) is 15.8. The lowest BCUT2D eigenvalue weighted by Gasteiger charge is -2.13. The van der Waals surface area contributed by atoms with Gasteiger partial charge in [-0.3, -0.25) is 0 Å². The molecule has 4 rings (SSSR count). The van der Waals surface area contributed by atoms with E-state index in [1.807, 2.05) is 12.5 Å². The molecule has 0 unspecified atom stereocenters. The molecule has 0 fully saturated rings. The third kappa shape index (κ3) is 4.25. The van der Waals surface area contributed by atoms with Gasteiger partial charge in [-0.15, -0.1) is 0 Å². The van der Waals surface area contributed by atoms with Gasteiger partial charge in [0.05, 0.1) is 17.7 Å². The summed E-state index contributed by atoms with van der Waals surface area (Å²) >= 11 is 0. The number of dihydropyridines is 1. The van der Waals surface area contributed by atoms with Crippen LogP contribution in [-0.4, -0.2) is 16.1 Å². The highest BCUT2D eigenvalue weighted by Gasteiger charge is 2.16. The predicted octanol–water partition coefficient (Wildman–Crippen LogP) is 5.58. The molecule has 3 heteroatoms. The molecular formula is C25H27N3. The van der Waals surface area contributed by atoms with Crippen molar-refractivity contribution >= 4 is 5.57 Å². The Balaban J connectivity index is 1.59. The fourth-order valence-corrected chi connectivity index (χ4v) is 3.65. The number of nitrogens with zero attached hydrogens (tertiary/aromatic N) is 2. The summed E-state index contributed by atoms with van der Waals surface area (Å²) in [6, 6.07) is 8.77. The number of allylic oxidation sites excluding steroid dienone is 8. The lowest BCUT2D eigenvalue weighted by Crippen LogP contribution is -2.09. The fraction of sp³-hybridized carbons (Fsp3) is 0.240.